The molecule has 60 valence electrons. The second-order valence-corrected chi connectivity index (χ2v) is 2.23. The average molecular weight is 146 g/mol. The fourth-order valence-corrected chi connectivity index (χ4v) is 0.403. The van der Waals surface area contributed by atoms with Crippen LogP contribution < -0.4 is 5.11 Å². The zero-order valence-corrected chi connectivity index (χ0v) is 6.29. The number of hydrogen-bond acceptors (Lipinski definition) is 4. The molecule has 0 fully saturated rings. The van der Waals surface area contributed by atoms with E-state index >= 15 is 0 Å². The van der Waals surface area contributed by atoms with E-state index in [0.717, 1.165) is 6.54 Å². The molecular formula is C6H12NO3-. The van der Waals surface area contributed by atoms with E-state index < -0.39 is 5.97 Å². The van der Waals surface area contributed by atoms with Crippen molar-refractivity contribution in [2.75, 3.05) is 33.9 Å². The van der Waals surface area contributed by atoms with Crippen molar-refractivity contribution in [1.82, 2.24) is 4.90 Å². The largest absolute Gasteiger partial charge is 0.548 e. The molecule has 0 amide bonds. The van der Waals surface area contributed by atoms with Crippen LogP contribution in [-0.2, 0) is 9.53 Å². The lowest BCUT2D eigenvalue weighted by Gasteiger charge is -2.09. The van der Waals surface area contributed by atoms with E-state index in [2.05, 4.69) is 0 Å². The number of rotatable bonds is 5. The van der Waals surface area contributed by atoms with E-state index in [1.807, 2.05) is 19.0 Å². The van der Waals surface area contributed by atoms with Gasteiger partial charge in [-0.15, -0.1) is 0 Å². The van der Waals surface area contributed by atoms with E-state index in [9.17, 15) is 9.90 Å². The van der Waals surface area contributed by atoms with Crippen LogP contribution in [0.25, 0.3) is 0 Å². The molecule has 0 bridgehead atoms. The highest BCUT2D eigenvalue weighted by atomic mass is 16.5. The van der Waals surface area contributed by atoms with Crippen molar-refractivity contribution < 1.29 is 14.6 Å². The SMILES string of the molecule is CN(C)CCOCC(=O)[O-]. The molecule has 4 heteroatoms. The van der Waals surface area contributed by atoms with Crippen LogP contribution in [-0.4, -0.2) is 44.7 Å². The second kappa shape index (κ2) is 5.20. The molecule has 0 atom stereocenters. The highest BCUT2D eigenvalue weighted by Crippen LogP contribution is 1.76. The van der Waals surface area contributed by atoms with Crippen molar-refractivity contribution in [1.29, 1.82) is 0 Å². The summed E-state index contributed by atoms with van der Waals surface area (Å²) in [6, 6.07) is 0. The predicted octanol–water partition coefficient (Wildman–Crippen LogP) is -1.69. The fraction of sp³-hybridized carbons (Fsp3) is 0.833. The molecule has 0 radical (unpaired) electrons. The zero-order chi connectivity index (χ0) is 7.98. The molecule has 0 heterocycles. The lowest BCUT2D eigenvalue weighted by molar-refractivity contribution is -0.309. The molecule has 0 aromatic heterocycles. The lowest BCUT2D eigenvalue weighted by atomic mass is 10.6. The summed E-state index contributed by atoms with van der Waals surface area (Å²) in [6.45, 7) is 0.849. The standard InChI is InChI=1S/C6H13NO3/c1-7(2)3-4-10-5-6(8)9/h3-5H2,1-2H3,(H,8,9)/p-1. The van der Waals surface area contributed by atoms with Gasteiger partial charge in [-0.3, -0.25) is 0 Å². The molecule has 0 aromatic carbocycles. The van der Waals surface area contributed by atoms with E-state index in [4.69, 9.17) is 4.74 Å². The number of ether oxygens (including phenoxy) is 1. The molecule has 0 aliphatic rings. The smallest absolute Gasteiger partial charge is 0.0861 e. The highest BCUT2D eigenvalue weighted by molar-refractivity contribution is 5.65. The number of carbonyl (C=O) groups is 1. The molecule has 0 aromatic rings. The van der Waals surface area contributed by atoms with Gasteiger partial charge in [-0.05, 0) is 14.1 Å². The van der Waals surface area contributed by atoms with Crippen LogP contribution in [0.3, 0.4) is 0 Å². The van der Waals surface area contributed by atoms with Crippen molar-refractivity contribution in [3.63, 3.8) is 0 Å². The molecule has 0 rings (SSSR count). The number of carboxylic acid groups (broad SMARTS) is 1. The van der Waals surface area contributed by atoms with Gasteiger partial charge in [0.1, 0.15) is 0 Å². The lowest BCUT2D eigenvalue weighted by Crippen LogP contribution is -2.29. The summed E-state index contributed by atoms with van der Waals surface area (Å²) in [5.74, 6) is -1.17. The Hall–Kier alpha value is -0.610. The topological polar surface area (TPSA) is 52.6 Å². The first kappa shape index (κ1) is 9.39. The summed E-state index contributed by atoms with van der Waals surface area (Å²) >= 11 is 0. The molecular weight excluding hydrogens is 134 g/mol. The summed E-state index contributed by atoms with van der Waals surface area (Å²) in [6.07, 6.45) is 0. The average Bonchev–Trinajstić information content (AvgIpc) is 1.79. The molecule has 0 spiro atoms. The van der Waals surface area contributed by atoms with E-state index in [1.54, 1.807) is 0 Å². The van der Waals surface area contributed by atoms with E-state index in [0.29, 0.717) is 6.61 Å². The molecule has 0 saturated heterocycles. The summed E-state index contributed by atoms with van der Waals surface area (Å²) in [5, 5.41) is 9.79. The minimum Gasteiger partial charge on any atom is -0.548 e. The summed E-state index contributed by atoms with van der Waals surface area (Å²) in [7, 11) is 3.78. The molecule has 0 N–H and O–H groups in total. The number of carbonyl (C=O) groups excluding carboxylic acids is 1. The first-order valence-electron chi connectivity index (χ1n) is 3.05. The Morgan fingerprint density at radius 2 is 2.20 bits per heavy atom. The number of aliphatic carboxylic acids is 1. The van der Waals surface area contributed by atoms with Gasteiger partial charge in [0.05, 0.1) is 19.2 Å². The predicted molar refractivity (Wildman–Crippen MR) is 34.4 cm³/mol. The first-order valence-corrected chi connectivity index (χ1v) is 3.05. The third-order valence-electron chi connectivity index (χ3n) is 0.903. The van der Waals surface area contributed by atoms with Crippen molar-refractivity contribution in [2.45, 2.75) is 0 Å². The van der Waals surface area contributed by atoms with Gasteiger partial charge in [0.25, 0.3) is 0 Å². The molecule has 4 nitrogen and oxygen atoms in total. The minimum atomic E-state index is -1.17. The van der Waals surface area contributed by atoms with Gasteiger partial charge in [0.2, 0.25) is 0 Å². The molecule has 0 aliphatic heterocycles. The van der Waals surface area contributed by atoms with Crippen LogP contribution in [0.4, 0.5) is 0 Å². The van der Waals surface area contributed by atoms with Gasteiger partial charge < -0.3 is 19.5 Å². The minimum absolute atomic E-state index is 0.312. The molecule has 0 unspecified atom stereocenters. The zero-order valence-electron chi connectivity index (χ0n) is 6.29. The molecule has 10 heavy (non-hydrogen) atoms. The number of hydrogen-bond donors (Lipinski definition) is 0. The van der Waals surface area contributed by atoms with Gasteiger partial charge in [-0.25, -0.2) is 0 Å². The Morgan fingerprint density at radius 3 is 2.60 bits per heavy atom. The molecule has 0 saturated carbocycles. The van der Waals surface area contributed by atoms with Crippen LogP contribution >= 0.6 is 0 Å². The van der Waals surface area contributed by atoms with Crippen LogP contribution in [0.1, 0.15) is 0 Å². The second-order valence-electron chi connectivity index (χ2n) is 2.23. The van der Waals surface area contributed by atoms with Crippen LogP contribution in [0.5, 0.6) is 0 Å². The summed E-state index contributed by atoms with van der Waals surface area (Å²) < 4.78 is 4.70. The first-order chi connectivity index (χ1) is 4.63. The molecule has 0 aliphatic carbocycles. The Morgan fingerprint density at radius 1 is 1.60 bits per heavy atom. The Kier molecular flexibility index (Phi) is 4.88. The van der Waals surface area contributed by atoms with Gasteiger partial charge in [-0.1, -0.05) is 0 Å². The third kappa shape index (κ3) is 7.39. The summed E-state index contributed by atoms with van der Waals surface area (Å²) in [5.41, 5.74) is 0. The number of nitrogens with zero attached hydrogens (tertiary/aromatic N) is 1. The van der Waals surface area contributed by atoms with Crippen molar-refractivity contribution in [2.24, 2.45) is 0 Å². The Balaban J connectivity index is 2.98. The summed E-state index contributed by atoms with van der Waals surface area (Å²) in [4.78, 5) is 11.7. The van der Waals surface area contributed by atoms with E-state index in [1.165, 1.54) is 0 Å². The fourth-order valence-electron chi connectivity index (χ4n) is 0.403. The monoisotopic (exact) mass is 146 g/mol. The quantitative estimate of drug-likeness (QED) is 0.434. The van der Waals surface area contributed by atoms with Gasteiger partial charge >= 0.3 is 0 Å². The maximum Gasteiger partial charge on any atom is 0.0861 e. The van der Waals surface area contributed by atoms with Gasteiger partial charge in [-0.2, -0.15) is 0 Å². The van der Waals surface area contributed by atoms with Crippen LogP contribution in [0, 0.1) is 0 Å². The number of likely N-dealkylation sites (N-methyl/N-ethyl adjacent to an activating group) is 1. The van der Waals surface area contributed by atoms with Gasteiger partial charge in [0.15, 0.2) is 0 Å². The van der Waals surface area contributed by atoms with Crippen LogP contribution in [0.2, 0.25) is 0 Å². The van der Waals surface area contributed by atoms with Crippen molar-refractivity contribution in [3.05, 3.63) is 0 Å². The van der Waals surface area contributed by atoms with Crippen molar-refractivity contribution >= 4 is 5.97 Å². The normalized spacial score (nSPS) is 10.3. The number of carboxylic acids is 1. The van der Waals surface area contributed by atoms with Gasteiger partial charge in [0, 0.05) is 6.54 Å². The Labute approximate surface area is 60.4 Å². The van der Waals surface area contributed by atoms with E-state index in [-0.39, 0.29) is 6.61 Å². The van der Waals surface area contributed by atoms with Crippen LogP contribution in [0.15, 0.2) is 0 Å². The maximum absolute atomic E-state index is 9.79. The Bertz CT molecular complexity index is 103. The third-order valence-corrected chi connectivity index (χ3v) is 0.903. The highest BCUT2D eigenvalue weighted by Gasteiger charge is 1.89. The maximum atomic E-state index is 9.79. The van der Waals surface area contributed by atoms with Crippen molar-refractivity contribution in [3.8, 4) is 0 Å².